The van der Waals surface area contributed by atoms with Crippen molar-refractivity contribution >= 4 is 23.3 Å². The van der Waals surface area contributed by atoms with Gasteiger partial charge in [0, 0.05) is 31.5 Å². The standard InChI is InChI=1S/C33H46N4O3/c1-3-40-31(38)20-29-26-13-12-24-16-18-36(21-27(24)19-26)33(39)25-10-8-23(9-11-25)7-5-4-6-17-37(35)30-15-14-28(29)22(2)32(30)34/h12-15,19,23,25,29H,3-11,16-18,20-21,34-35H2,1-2H3. The molecule has 2 aromatic rings. The number of ether oxygens (including phenoxy) is 1. The molecule has 5 aliphatic heterocycles. The van der Waals surface area contributed by atoms with Crippen molar-refractivity contribution in [1.82, 2.24) is 4.90 Å². The van der Waals surface area contributed by atoms with Crippen molar-refractivity contribution in [3.8, 4) is 0 Å². The van der Waals surface area contributed by atoms with Crippen LogP contribution >= 0.6 is 0 Å². The van der Waals surface area contributed by atoms with E-state index in [-0.39, 0.29) is 24.2 Å². The minimum Gasteiger partial charge on any atom is -0.466 e. The average molecular weight is 547 g/mol. The van der Waals surface area contributed by atoms with Gasteiger partial charge >= 0.3 is 5.97 Å². The van der Waals surface area contributed by atoms with Gasteiger partial charge in [-0.25, -0.2) is 5.84 Å². The highest BCUT2D eigenvalue weighted by Crippen LogP contribution is 2.39. The molecule has 0 spiro atoms. The van der Waals surface area contributed by atoms with Crippen molar-refractivity contribution in [3.63, 3.8) is 0 Å². The fourth-order valence-corrected chi connectivity index (χ4v) is 7.10. The SMILES string of the molecule is CCOC(=O)CC1c2ccc3c(c2)CN(CC3)C(=O)C2CCC(CCCCCN(N)c3ccc1c(C)c3N)CC2. The van der Waals surface area contributed by atoms with Crippen LogP contribution in [0.1, 0.15) is 98.4 Å². The summed E-state index contributed by atoms with van der Waals surface area (Å²) in [4.78, 5) is 28.4. The maximum atomic E-state index is 13.6. The molecular formula is C33H46N4O3. The number of hydrogen-bond donors (Lipinski definition) is 2. The highest BCUT2D eigenvalue weighted by molar-refractivity contribution is 5.79. The maximum absolute atomic E-state index is 13.6. The predicted octanol–water partition coefficient (Wildman–Crippen LogP) is 5.61. The smallest absolute Gasteiger partial charge is 0.306 e. The first-order valence-corrected chi connectivity index (χ1v) is 15.3. The van der Waals surface area contributed by atoms with Crippen molar-refractivity contribution in [1.29, 1.82) is 0 Å². The van der Waals surface area contributed by atoms with Crippen molar-refractivity contribution in [2.45, 2.75) is 90.5 Å². The van der Waals surface area contributed by atoms with Gasteiger partial charge in [-0.15, -0.1) is 0 Å². The molecule has 7 nitrogen and oxygen atoms in total. The number of nitrogen functional groups attached to an aromatic ring is 1. The van der Waals surface area contributed by atoms with Gasteiger partial charge < -0.3 is 20.4 Å². The zero-order chi connectivity index (χ0) is 28.2. The summed E-state index contributed by atoms with van der Waals surface area (Å²) in [5.41, 5.74) is 13.6. The molecule has 4 N–H and O–H groups in total. The van der Waals surface area contributed by atoms with Gasteiger partial charge in [-0.1, -0.05) is 43.5 Å². The molecule has 0 saturated heterocycles. The van der Waals surface area contributed by atoms with E-state index >= 15 is 0 Å². The highest BCUT2D eigenvalue weighted by atomic mass is 16.5. The van der Waals surface area contributed by atoms with Gasteiger partial charge in [0.2, 0.25) is 5.91 Å². The number of nitrogens with zero attached hydrogens (tertiary/aromatic N) is 2. The lowest BCUT2D eigenvalue weighted by molar-refractivity contribution is -0.143. The number of benzene rings is 2. The summed E-state index contributed by atoms with van der Waals surface area (Å²) >= 11 is 0. The third kappa shape index (κ3) is 6.14. The molecule has 1 atom stereocenters. The van der Waals surface area contributed by atoms with Crippen LogP contribution in [0.15, 0.2) is 30.3 Å². The summed E-state index contributed by atoms with van der Waals surface area (Å²) in [7, 11) is 0. The van der Waals surface area contributed by atoms with Gasteiger partial charge in [-0.05, 0) is 92.2 Å². The van der Waals surface area contributed by atoms with E-state index in [1.807, 2.05) is 19.9 Å². The first kappa shape index (κ1) is 28.5. The second-order valence-corrected chi connectivity index (χ2v) is 12.1. The minimum atomic E-state index is -0.231. The maximum Gasteiger partial charge on any atom is 0.306 e. The Morgan fingerprint density at radius 3 is 2.58 bits per heavy atom. The Kier molecular flexibility index (Phi) is 8.99. The summed E-state index contributed by atoms with van der Waals surface area (Å²) in [6.45, 7) is 6.36. The van der Waals surface area contributed by atoms with Crippen LogP contribution in [0.5, 0.6) is 0 Å². The first-order valence-electron chi connectivity index (χ1n) is 15.3. The minimum absolute atomic E-state index is 0.154. The summed E-state index contributed by atoms with van der Waals surface area (Å²) in [5.74, 6) is 7.28. The number of esters is 1. The zero-order valence-corrected chi connectivity index (χ0v) is 24.3. The molecule has 2 aromatic carbocycles. The average Bonchev–Trinajstić information content (AvgIpc) is 2.96. The number of anilines is 2. The number of nitrogens with two attached hydrogens (primary N) is 2. The predicted molar refractivity (Wildman–Crippen MR) is 160 cm³/mol. The normalized spacial score (nSPS) is 23.8. The van der Waals surface area contributed by atoms with Gasteiger partial charge in [0.05, 0.1) is 24.4 Å². The van der Waals surface area contributed by atoms with Gasteiger partial charge in [0.15, 0.2) is 0 Å². The van der Waals surface area contributed by atoms with Crippen molar-refractivity contribution in [3.05, 3.63) is 58.1 Å². The molecule has 0 aromatic heterocycles. The van der Waals surface area contributed by atoms with E-state index in [1.165, 1.54) is 24.0 Å². The van der Waals surface area contributed by atoms with Crippen molar-refractivity contribution < 1.29 is 14.3 Å². The van der Waals surface area contributed by atoms with Gasteiger partial charge in [-0.2, -0.15) is 0 Å². The number of hydrogen-bond acceptors (Lipinski definition) is 6. The van der Waals surface area contributed by atoms with E-state index in [0.717, 1.165) is 86.3 Å². The van der Waals surface area contributed by atoms with Crippen LogP contribution < -0.4 is 16.6 Å². The van der Waals surface area contributed by atoms with Crippen LogP contribution in [0.2, 0.25) is 0 Å². The van der Waals surface area contributed by atoms with Crippen LogP contribution in [0.3, 0.4) is 0 Å². The first-order chi connectivity index (χ1) is 19.4. The molecule has 1 unspecified atom stereocenters. The molecule has 6 aliphatic rings. The summed E-state index contributed by atoms with van der Waals surface area (Å²) in [5, 5.41) is 1.78. The topological polar surface area (TPSA) is 102 Å². The van der Waals surface area contributed by atoms with E-state index in [2.05, 4.69) is 29.2 Å². The van der Waals surface area contributed by atoms with E-state index in [4.69, 9.17) is 16.3 Å². The highest BCUT2D eigenvalue weighted by Gasteiger charge is 2.32. The Balaban J connectivity index is 1.52. The fourth-order valence-electron chi connectivity index (χ4n) is 7.10. The monoisotopic (exact) mass is 546 g/mol. The molecular weight excluding hydrogens is 500 g/mol. The van der Waals surface area contributed by atoms with Gasteiger partial charge in [-0.3, -0.25) is 9.59 Å². The lowest BCUT2D eigenvalue weighted by Crippen LogP contribution is -2.41. The quantitative estimate of drug-likeness (QED) is 0.295. The second kappa shape index (κ2) is 12.6. The molecule has 1 saturated carbocycles. The lowest BCUT2D eigenvalue weighted by atomic mass is 9.79. The van der Waals surface area contributed by atoms with Crippen LogP contribution in [0.4, 0.5) is 11.4 Å². The van der Waals surface area contributed by atoms with Crippen LogP contribution in [0.25, 0.3) is 0 Å². The van der Waals surface area contributed by atoms with E-state index < -0.39 is 0 Å². The van der Waals surface area contributed by atoms with E-state index in [0.29, 0.717) is 24.7 Å². The third-order valence-electron chi connectivity index (χ3n) is 9.56. The molecule has 216 valence electrons. The number of amides is 1. The fraction of sp³-hybridized carbons (Fsp3) is 0.576. The van der Waals surface area contributed by atoms with Gasteiger partial charge in [0.1, 0.15) is 0 Å². The van der Waals surface area contributed by atoms with E-state index in [1.54, 1.807) is 5.01 Å². The molecule has 1 amide bonds. The number of rotatable bonds is 3. The molecule has 0 radical (unpaired) electrons. The van der Waals surface area contributed by atoms with Crippen LogP contribution in [-0.2, 0) is 27.3 Å². The summed E-state index contributed by atoms with van der Waals surface area (Å²) < 4.78 is 5.38. The van der Waals surface area contributed by atoms with Crippen molar-refractivity contribution in [2.24, 2.45) is 17.7 Å². The molecule has 1 fully saturated rings. The number of carbonyl (C=O) groups is 2. The Morgan fingerprint density at radius 2 is 1.80 bits per heavy atom. The van der Waals surface area contributed by atoms with Crippen LogP contribution in [0, 0.1) is 18.8 Å². The lowest BCUT2D eigenvalue weighted by Gasteiger charge is -2.35. The van der Waals surface area contributed by atoms with E-state index in [9.17, 15) is 9.59 Å². The number of hydrazine groups is 1. The molecule has 7 bridgehead atoms. The summed E-state index contributed by atoms with van der Waals surface area (Å²) in [6.07, 6.45) is 10.0. The van der Waals surface area contributed by atoms with Crippen LogP contribution in [-0.4, -0.2) is 36.5 Å². The molecule has 8 rings (SSSR count). The molecule has 1 aliphatic carbocycles. The Hall–Kier alpha value is -3.06. The second-order valence-electron chi connectivity index (χ2n) is 12.1. The largest absolute Gasteiger partial charge is 0.466 e. The zero-order valence-electron chi connectivity index (χ0n) is 24.3. The number of carbonyl (C=O) groups excluding carboxylic acids is 2. The summed E-state index contributed by atoms with van der Waals surface area (Å²) in [6, 6.07) is 10.6. The molecule has 5 heterocycles. The third-order valence-corrected chi connectivity index (χ3v) is 9.56. The Morgan fingerprint density at radius 1 is 1.00 bits per heavy atom. The Labute approximate surface area is 239 Å². The molecule has 7 heteroatoms. The molecule has 40 heavy (non-hydrogen) atoms. The Bertz CT molecular complexity index is 1220. The van der Waals surface area contributed by atoms with Gasteiger partial charge in [0.25, 0.3) is 0 Å². The van der Waals surface area contributed by atoms with Crippen molar-refractivity contribution in [2.75, 3.05) is 30.4 Å².